The van der Waals surface area contributed by atoms with Gasteiger partial charge in [0.05, 0.1) is 28.8 Å². The Morgan fingerprint density at radius 3 is 2.60 bits per heavy atom. The Hall–Kier alpha value is -4.64. The third-order valence-corrected chi connectivity index (χ3v) is 7.82. The van der Waals surface area contributed by atoms with Crippen LogP contribution >= 0.6 is 11.6 Å². The van der Waals surface area contributed by atoms with Gasteiger partial charge in [-0.1, -0.05) is 17.7 Å². The van der Waals surface area contributed by atoms with Crippen LogP contribution in [0.25, 0.3) is 33.5 Å². The lowest BCUT2D eigenvalue weighted by Gasteiger charge is -2.39. The molecule has 0 radical (unpaired) electrons. The number of amides is 1. The van der Waals surface area contributed by atoms with Crippen LogP contribution in [-0.2, 0) is 6.54 Å². The normalized spacial score (nSPS) is 14.0. The average Bonchev–Trinajstić information content (AvgIpc) is 3.51. The topological polar surface area (TPSA) is 129 Å². The Kier molecular flexibility index (Phi) is 7.19. The summed E-state index contributed by atoms with van der Waals surface area (Å²) in [6, 6.07) is 9.95. The van der Waals surface area contributed by atoms with E-state index in [1.165, 1.54) is 17.0 Å². The number of nitrogens with zero attached hydrogens (tertiary/aromatic N) is 4. The maximum atomic E-state index is 14.6. The molecule has 4 heterocycles. The average molecular weight is 592 g/mol. The third kappa shape index (κ3) is 5.35. The predicted molar refractivity (Wildman–Crippen MR) is 155 cm³/mol. The highest BCUT2D eigenvalue weighted by molar-refractivity contribution is 6.31. The highest BCUT2D eigenvalue weighted by Crippen LogP contribution is 2.40. The van der Waals surface area contributed by atoms with Gasteiger partial charge in [-0.05, 0) is 68.1 Å². The molecule has 1 aliphatic heterocycles. The predicted octanol–water partition coefficient (Wildman–Crippen LogP) is 6.40. The van der Waals surface area contributed by atoms with Crippen LogP contribution in [0.4, 0.5) is 14.9 Å². The van der Waals surface area contributed by atoms with Gasteiger partial charge in [-0.25, -0.2) is 19.0 Å². The van der Waals surface area contributed by atoms with E-state index in [1.807, 2.05) is 19.1 Å². The standard InChI is InChI=1S/C30H27ClFN5O5/c1-16-9-18(11-20(32)10-16)22-13-33-14-23(28-34-24-4-3-19(31)12-25(24)35-28)27(22)36-7-5-21(6-8-36)37(29(38)39)15-26-17(2)41-30(40)42-26/h3-4,9-14,21H,5-8,15H2,1-2H3,(H,34,35)(H,38,39). The number of halogens is 2. The molecule has 2 aromatic carbocycles. The van der Waals surface area contributed by atoms with Gasteiger partial charge in [0.1, 0.15) is 17.4 Å². The highest BCUT2D eigenvalue weighted by atomic mass is 35.5. The Morgan fingerprint density at radius 1 is 1.14 bits per heavy atom. The minimum absolute atomic E-state index is 0.0898. The molecule has 10 nitrogen and oxygen atoms in total. The van der Waals surface area contributed by atoms with E-state index in [2.05, 4.69) is 14.9 Å². The van der Waals surface area contributed by atoms with Crippen LogP contribution in [0.3, 0.4) is 0 Å². The number of pyridine rings is 1. The number of aromatic nitrogens is 3. The minimum atomic E-state index is -1.11. The molecule has 5 aromatic rings. The van der Waals surface area contributed by atoms with E-state index in [4.69, 9.17) is 25.4 Å². The Balaban J connectivity index is 1.37. The van der Waals surface area contributed by atoms with Crippen molar-refractivity contribution in [2.75, 3.05) is 18.0 Å². The molecule has 0 saturated carbocycles. The largest absolute Gasteiger partial charge is 0.519 e. The fourth-order valence-corrected chi connectivity index (χ4v) is 5.78. The van der Waals surface area contributed by atoms with Crippen LogP contribution in [0.15, 0.2) is 62.4 Å². The van der Waals surface area contributed by atoms with Crippen LogP contribution in [0.1, 0.15) is 29.9 Å². The molecule has 1 aliphatic rings. The van der Waals surface area contributed by atoms with Crippen LogP contribution in [-0.4, -0.2) is 50.2 Å². The number of benzene rings is 2. The second-order valence-electron chi connectivity index (χ2n) is 10.4. The summed E-state index contributed by atoms with van der Waals surface area (Å²) in [5, 5.41) is 10.6. The number of anilines is 1. The summed E-state index contributed by atoms with van der Waals surface area (Å²) < 4.78 is 24.5. The number of imidazole rings is 1. The fraction of sp³-hybridized carbons (Fsp3) is 0.267. The zero-order valence-electron chi connectivity index (χ0n) is 22.9. The Labute approximate surface area is 244 Å². The molecule has 42 heavy (non-hydrogen) atoms. The van der Waals surface area contributed by atoms with Crippen molar-refractivity contribution >= 4 is 34.4 Å². The van der Waals surface area contributed by atoms with E-state index in [9.17, 15) is 19.1 Å². The van der Waals surface area contributed by atoms with E-state index in [0.717, 1.165) is 33.4 Å². The maximum absolute atomic E-state index is 14.6. The fourth-order valence-electron chi connectivity index (χ4n) is 5.61. The molecule has 1 saturated heterocycles. The molecule has 1 amide bonds. The van der Waals surface area contributed by atoms with E-state index in [-0.39, 0.29) is 29.9 Å². The first-order chi connectivity index (χ1) is 20.2. The lowest BCUT2D eigenvalue weighted by molar-refractivity contribution is 0.106. The number of carboxylic acid groups (broad SMARTS) is 1. The van der Waals surface area contributed by atoms with Crippen molar-refractivity contribution in [3.05, 3.63) is 87.3 Å². The number of piperidine rings is 1. The van der Waals surface area contributed by atoms with Crippen LogP contribution < -0.4 is 10.7 Å². The summed E-state index contributed by atoms with van der Waals surface area (Å²) in [6.07, 6.45) is 3.34. The Morgan fingerprint density at radius 2 is 1.90 bits per heavy atom. The molecular formula is C30H27ClFN5O5. The number of aryl methyl sites for hydroxylation is 2. The van der Waals surface area contributed by atoms with Crippen molar-refractivity contribution in [1.82, 2.24) is 19.9 Å². The van der Waals surface area contributed by atoms with Crippen molar-refractivity contribution in [3.8, 4) is 22.5 Å². The summed E-state index contributed by atoms with van der Waals surface area (Å²) in [5.41, 5.74) is 5.24. The molecule has 1 fully saturated rings. The number of carbonyl (C=O) groups is 1. The van der Waals surface area contributed by atoms with Gasteiger partial charge in [-0.3, -0.25) is 9.88 Å². The van der Waals surface area contributed by atoms with Crippen molar-refractivity contribution in [2.45, 2.75) is 39.3 Å². The summed E-state index contributed by atoms with van der Waals surface area (Å²) in [7, 11) is 0. The maximum Gasteiger partial charge on any atom is 0.519 e. The summed E-state index contributed by atoms with van der Waals surface area (Å²) in [5.74, 6) is -0.177. The van der Waals surface area contributed by atoms with E-state index < -0.39 is 11.9 Å². The van der Waals surface area contributed by atoms with E-state index >= 15 is 0 Å². The number of fused-ring (bicyclic) bond motifs is 1. The van der Waals surface area contributed by atoms with E-state index in [1.54, 1.807) is 31.5 Å². The number of aromatic amines is 1. The minimum Gasteiger partial charge on any atom is -0.465 e. The van der Waals surface area contributed by atoms with Gasteiger partial charge in [0.25, 0.3) is 0 Å². The zero-order chi connectivity index (χ0) is 29.5. The highest BCUT2D eigenvalue weighted by Gasteiger charge is 2.32. The zero-order valence-corrected chi connectivity index (χ0v) is 23.6. The quantitative estimate of drug-likeness (QED) is 0.232. The van der Waals surface area contributed by atoms with Crippen LogP contribution in [0.2, 0.25) is 5.02 Å². The Bertz CT molecular complexity index is 1840. The summed E-state index contributed by atoms with van der Waals surface area (Å²) in [6.45, 7) is 4.32. The van der Waals surface area contributed by atoms with Gasteiger partial charge in [0.2, 0.25) is 0 Å². The first kappa shape index (κ1) is 27.5. The summed E-state index contributed by atoms with van der Waals surface area (Å²) >= 11 is 6.21. The second-order valence-corrected chi connectivity index (χ2v) is 10.8. The lowest BCUT2D eigenvalue weighted by Crippen LogP contribution is -2.47. The van der Waals surface area contributed by atoms with Gasteiger partial charge in [-0.15, -0.1) is 0 Å². The lowest BCUT2D eigenvalue weighted by atomic mass is 9.96. The van der Waals surface area contributed by atoms with Crippen molar-refractivity contribution in [1.29, 1.82) is 0 Å². The number of hydrogen-bond acceptors (Lipinski definition) is 7. The molecule has 2 N–H and O–H groups in total. The number of rotatable bonds is 6. The molecular weight excluding hydrogens is 565 g/mol. The van der Waals surface area contributed by atoms with Crippen molar-refractivity contribution in [2.24, 2.45) is 0 Å². The molecule has 0 atom stereocenters. The number of hydrogen-bond donors (Lipinski definition) is 2. The number of nitrogens with one attached hydrogen (secondary N) is 1. The second kappa shape index (κ2) is 11.0. The third-order valence-electron chi connectivity index (χ3n) is 7.59. The van der Waals surface area contributed by atoms with Gasteiger partial charge >= 0.3 is 11.9 Å². The molecule has 0 spiro atoms. The van der Waals surface area contributed by atoms with Gasteiger partial charge in [-0.2, -0.15) is 0 Å². The first-order valence-electron chi connectivity index (χ1n) is 13.4. The monoisotopic (exact) mass is 591 g/mol. The van der Waals surface area contributed by atoms with Gasteiger partial charge < -0.3 is 23.8 Å². The van der Waals surface area contributed by atoms with Crippen molar-refractivity contribution in [3.63, 3.8) is 0 Å². The molecule has 0 bridgehead atoms. The molecule has 0 unspecified atom stereocenters. The van der Waals surface area contributed by atoms with E-state index in [0.29, 0.717) is 42.3 Å². The first-order valence-corrected chi connectivity index (χ1v) is 13.8. The van der Waals surface area contributed by atoms with Crippen LogP contribution in [0, 0.1) is 19.7 Å². The molecule has 3 aromatic heterocycles. The molecule has 6 rings (SSSR count). The van der Waals surface area contributed by atoms with Gasteiger partial charge in [0, 0.05) is 42.1 Å². The molecule has 12 heteroatoms. The van der Waals surface area contributed by atoms with Gasteiger partial charge in [0.15, 0.2) is 5.76 Å². The van der Waals surface area contributed by atoms with Crippen molar-refractivity contribution < 1.29 is 23.1 Å². The SMILES string of the molecule is Cc1cc(F)cc(-c2cncc(-c3nc4ccc(Cl)cc4[nH]3)c2N2CCC(N(Cc3oc(=O)oc3C)C(=O)O)CC2)c1. The summed E-state index contributed by atoms with van der Waals surface area (Å²) in [4.78, 5) is 39.8. The van der Waals surface area contributed by atoms with Crippen LogP contribution in [0.5, 0.6) is 0 Å². The molecule has 216 valence electrons. The smallest absolute Gasteiger partial charge is 0.465 e. The molecule has 0 aliphatic carbocycles. The number of H-pyrrole nitrogens is 1.